The molecule has 3 nitrogen and oxygen atoms in total. The van der Waals surface area contributed by atoms with Gasteiger partial charge >= 0.3 is 0 Å². The Kier molecular flexibility index (Phi) is 1.72. The Morgan fingerprint density at radius 2 is 2.20 bits per heavy atom. The predicted molar refractivity (Wildman–Crippen MR) is 32.8 cm³/mol. The van der Waals surface area contributed by atoms with Crippen LogP contribution < -0.4 is 0 Å². The van der Waals surface area contributed by atoms with Gasteiger partial charge in [0.15, 0.2) is 5.83 Å². The molecule has 1 rings (SSSR count). The first-order valence-corrected chi connectivity index (χ1v) is 2.93. The first-order chi connectivity index (χ1) is 4.61. The number of nitrogens with zero attached hydrogens (tertiary/aromatic N) is 1. The quantitative estimate of drug-likeness (QED) is 0.513. The van der Waals surface area contributed by atoms with Crippen molar-refractivity contribution in [2.45, 2.75) is 6.10 Å². The monoisotopic (exact) mass is 145 g/mol. The van der Waals surface area contributed by atoms with Gasteiger partial charge in [0.05, 0.1) is 6.10 Å². The largest absolute Gasteiger partial charge is 0.389 e. The number of carbonyl (C=O) groups excluding carboxylic acids is 1. The van der Waals surface area contributed by atoms with Gasteiger partial charge in [0.2, 0.25) is 0 Å². The van der Waals surface area contributed by atoms with Crippen LogP contribution in [0.4, 0.5) is 4.39 Å². The van der Waals surface area contributed by atoms with Crippen LogP contribution in [0.15, 0.2) is 12.4 Å². The number of carbonyl (C=O) groups is 1. The first-order valence-electron chi connectivity index (χ1n) is 2.93. The minimum absolute atomic E-state index is 0.224. The van der Waals surface area contributed by atoms with Crippen LogP contribution in [-0.2, 0) is 4.79 Å². The topological polar surface area (TPSA) is 40.5 Å². The molecule has 0 saturated carbocycles. The molecule has 0 radical (unpaired) electrons. The van der Waals surface area contributed by atoms with E-state index >= 15 is 0 Å². The third-order valence-electron chi connectivity index (χ3n) is 1.38. The van der Waals surface area contributed by atoms with Gasteiger partial charge < -0.3 is 10.0 Å². The predicted octanol–water partition coefficient (Wildman–Crippen LogP) is -0.327. The molecule has 0 aromatic carbocycles. The van der Waals surface area contributed by atoms with Gasteiger partial charge in [0, 0.05) is 13.1 Å². The third-order valence-corrected chi connectivity index (χ3v) is 1.38. The second-order valence-corrected chi connectivity index (χ2v) is 2.27. The highest BCUT2D eigenvalue weighted by atomic mass is 19.1. The molecule has 1 heterocycles. The van der Waals surface area contributed by atoms with Crippen molar-refractivity contribution in [1.29, 1.82) is 0 Å². The SMILES string of the molecule is C=C(F)C(=O)N1CC(O)C1. The molecule has 0 unspecified atom stereocenters. The van der Waals surface area contributed by atoms with Crippen LogP contribution in [0.5, 0.6) is 0 Å². The van der Waals surface area contributed by atoms with Crippen LogP contribution in [-0.4, -0.2) is 35.1 Å². The second kappa shape index (κ2) is 2.38. The molecule has 0 bridgehead atoms. The van der Waals surface area contributed by atoms with Crippen molar-refractivity contribution < 1.29 is 14.3 Å². The number of rotatable bonds is 1. The number of hydrogen-bond acceptors (Lipinski definition) is 2. The van der Waals surface area contributed by atoms with E-state index < -0.39 is 17.8 Å². The van der Waals surface area contributed by atoms with Crippen LogP contribution in [0, 0.1) is 0 Å². The summed E-state index contributed by atoms with van der Waals surface area (Å²) in [6.45, 7) is 3.29. The van der Waals surface area contributed by atoms with Gasteiger partial charge in [0.25, 0.3) is 5.91 Å². The molecule has 0 aromatic rings. The molecule has 56 valence electrons. The van der Waals surface area contributed by atoms with E-state index in [9.17, 15) is 9.18 Å². The molecule has 0 aliphatic carbocycles. The summed E-state index contributed by atoms with van der Waals surface area (Å²) in [5.74, 6) is -1.68. The molecule has 1 aliphatic heterocycles. The van der Waals surface area contributed by atoms with E-state index in [1.807, 2.05) is 0 Å². The Balaban J connectivity index is 2.38. The van der Waals surface area contributed by atoms with Crippen LogP contribution in [0.25, 0.3) is 0 Å². The average molecular weight is 145 g/mol. The van der Waals surface area contributed by atoms with Crippen molar-refractivity contribution in [3.05, 3.63) is 12.4 Å². The number of hydrogen-bond donors (Lipinski definition) is 1. The molecular formula is C6H8FNO2. The van der Waals surface area contributed by atoms with Crippen LogP contribution in [0.3, 0.4) is 0 Å². The van der Waals surface area contributed by atoms with Gasteiger partial charge in [-0.25, -0.2) is 4.39 Å². The number of aliphatic hydroxyl groups excluding tert-OH is 1. The molecule has 1 amide bonds. The number of amides is 1. The van der Waals surface area contributed by atoms with Gasteiger partial charge in [-0.2, -0.15) is 0 Å². The lowest BCUT2D eigenvalue weighted by Gasteiger charge is -2.35. The molecular weight excluding hydrogens is 137 g/mol. The van der Waals surface area contributed by atoms with Crippen LogP contribution in [0.2, 0.25) is 0 Å². The van der Waals surface area contributed by atoms with Gasteiger partial charge in [-0.15, -0.1) is 0 Å². The molecule has 0 atom stereocenters. The van der Waals surface area contributed by atoms with Crippen molar-refractivity contribution >= 4 is 5.91 Å². The summed E-state index contributed by atoms with van der Waals surface area (Å²) in [4.78, 5) is 11.8. The minimum Gasteiger partial charge on any atom is -0.389 e. The number of halogens is 1. The van der Waals surface area contributed by atoms with E-state index in [1.165, 1.54) is 4.90 Å². The normalized spacial score (nSPS) is 18.4. The molecule has 1 aliphatic rings. The van der Waals surface area contributed by atoms with Crippen molar-refractivity contribution in [3.63, 3.8) is 0 Å². The fourth-order valence-corrected chi connectivity index (χ4v) is 0.793. The fraction of sp³-hybridized carbons (Fsp3) is 0.500. The van der Waals surface area contributed by atoms with Crippen molar-refractivity contribution in [2.75, 3.05) is 13.1 Å². The van der Waals surface area contributed by atoms with Gasteiger partial charge in [-0.05, 0) is 0 Å². The molecule has 0 spiro atoms. The highest BCUT2D eigenvalue weighted by Crippen LogP contribution is 2.10. The van der Waals surface area contributed by atoms with Crippen LogP contribution in [0.1, 0.15) is 0 Å². The first kappa shape index (κ1) is 7.21. The Morgan fingerprint density at radius 1 is 1.70 bits per heavy atom. The second-order valence-electron chi connectivity index (χ2n) is 2.27. The van der Waals surface area contributed by atoms with E-state index in [-0.39, 0.29) is 13.1 Å². The summed E-state index contributed by atoms with van der Waals surface area (Å²) >= 11 is 0. The zero-order valence-electron chi connectivity index (χ0n) is 5.38. The Hall–Kier alpha value is -0.900. The maximum Gasteiger partial charge on any atom is 0.282 e. The van der Waals surface area contributed by atoms with Crippen LogP contribution >= 0.6 is 0 Å². The van der Waals surface area contributed by atoms with E-state index in [0.717, 1.165) is 0 Å². The molecule has 0 aromatic heterocycles. The number of aliphatic hydroxyl groups is 1. The molecule has 10 heavy (non-hydrogen) atoms. The van der Waals surface area contributed by atoms with E-state index in [1.54, 1.807) is 0 Å². The Labute approximate surface area is 57.7 Å². The lowest BCUT2D eigenvalue weighted by molar-refractivity contribution is -0.138. The summed E-state index contributed by atoms with van der Waals surface area (Å²) in [5.41, 5.74) is 0. The maximum absolute atomic E-state index is 12.0. The summed E-state index contributed by atoms with van der Waals surface area (Å²) < 4.78 is 12.0. The summed E-state index contributed by atoms with van der Waals surface area (Å²) in [7, 11) is 0. The highest BCUT2D eigenvalue weighted by Gasteiger charge is 2.29. The van der Waals surface area contributed by atoms with E-state index in [4.69, 9.17) is 5.11 Å². The zero-order chi connectivity index (χ0) is 7.72. The number of likely N-dealkylation sites (tertiary alicyclic amines) is 1. The Bertz CT molecular complexity index is 175. The lowest BCUT2D eigenvalue weighted by atomic mass is 10.2. The lowest BCUT2D eigenvalue weighted by Crippen LogP contribution is -2.53. The van der Waals surface area contributed by atoms with Crippen molar-refractivity contribution in [1.82, 2.24) is 4.90 Å². The average Bonchev–Trinajstić information content (AvgIpc) is 1.79. The summed E-state index contributed by atoms with van der Waals surface area (Å²) in [6.07, 6.45) is -0.483. The molecule has 1 N–H and O–H groups in total. The van der Waals surface area contributed by atoms with E-state index in [2.05, 4.69) is 6.58 Å². The Morgan fingerprint density at radius 3 is 2.50 bits per heavy atom. The fourth-order valence-electron chi connectivity index (χ4n) is 0.793. The zero-order valence-corrected chi connectivity index (χ0v) is 5.38. The van der Waals surface area contributed by atoms with Gasteiger partial charge in [-0.3, -0.25) is 4.79 Å². The number of β-amino-alcohol motifs (C(OH)–C–C–N with tert-alkyl or cyclic N) is 1. The standard InChI is InChI=1S/C6H8FNO2/c1-4(7)6(10)8-2-5(9)3-8/h5,9H,1-3H2. The highest BCUT2D eigenvalue weighted by molar-refractivity contribution is 5.91. The minimum atomic E-state index is -0.966. The van der Waals surface area contributed by atoms with Gasteiger partial charge in [-0.1, -0.05) is 6.58 Å². The molecule has 1 fully saturated rings. The molecule has 4 heteroatoms. The van der Waals surface area contributed by atoms with Crippen molar-refractivity contribution in [2.24, 2.45) is 0 Å². The third kappa shape index (κ3) is 1.16. The van der Waals surface area contributed by atoms with Gasteiger partial charge in [0.1, 0.15) is 0 Å². The van der Waals surface area contributed by atoms with Crippen molar-refractivity contribution in [3.8, 4) is 0 Å². The summed E-state index contributed by atoms with van der Waals surface area (Å²) in [5, 5.41) is 8.70. The maximum atomic E-state index is 12.0. The van der Waals surface area contributed by atoms with E-state index in [0.29, 0.717) is 0 Å². The smallest absolute Gasteiger partial charge is 0.282 e. The summed E-state index contributed by atoms with van der Waals surface area (Å²) in [6, 6.07) is 0. The molecule has 1 saturated heterocycles.